The maximum absolute atomic E-state index is 5.79. The molecule has 0 aliphatic rings. The van der Waals surface area contributed by atoms with Crippen LogP contribution >= 0.6 is 15.9 Å². The molecule has 2 rings (SSSR count). The molecule has 0 bridgehead atoms. The van der Waals surface area contributed by atoms with Gasteiger partial charge in [-0.1, -0.05) is 28.1 Å². The van der Waals surface area contributed by atoms with E-state index in [2.05, 4.69) is 20.9 Å². The fourth-order valence-electron chi connectivity index (χ4n) is 1.46. The Morgan fingerprint density at radius 3 is 2.94 bits per heavy atom. The van der Waals surface area contributed by atoms with Gasteiger partial charge in [-0.2, -0.15) is 0 Å². The molecule has 1 aromatic heterocycles. The van der Waals surface area contributed by atoms with Crippen molar-refractivity contribution in [1.82, 2.24) is 4.98 Å². The molecular formula is C13H13BrN2O. The molecule has 0 atom stereocenters. The van der Waals surface area contributed by atoms with Crippen molar-refractivity contribution in [3.05, 3.63) is 52.1 Å². The van der Waals surface area contributed by atoms with Gasteiger partial charge in [0.25, 0.3) is 0 Å². The van der Waals surface area contributed by atoms with E-state index in [1.165, 1.54) is 0 Å². The molecule has 88 valence electrons. The van der Waals surface area contributed by atoms with E-state index in [9.17, 15) is 0 Å². The number of hydrogen-bond acceptors (Lipinski definition) is 3. The van der Waals surface area contributed by atoms with Crippen LogP contribution < -0.4 is 10.5 Å². The maximum Gasteiger partial charge on any atom is 0.223 e. The molecule has 0 amide bonds. The Hall–Kier alpha value is -1.39. The minimum Gasteiger partial charge on any atom is -0.438 e. The van der Waals surface area contributed by atoms with Crippen molar-refractivity contribution in [3.63, 3.8) is 0 Å². The van der Waals surface area contributed by atoms with E-state index < -0.39 is 0 Å². The molecule has 17 heavy (non-hydrogen) atoms. The summed E-state index contributed by atoms with van der Waals surface area (Å²) in [5, 5.41) is 0. The lowest BCUT2D eigenvalue weighted by atomic mass is 10.2. The molecule has 1 aromatic carbocycles. The van der Waals surface area contributed by atoms with Crippen LogP contribution in [0.3, 0.4) is 0 Å². The smallest absolute Gasteiger partial charge is 0.223 e. The van der Waals surface area contributed by atoms with Crippen LogP contribution in [0.5, 0.6) is 11.6 Å². The fourth-order valence-corrected chi connectivity index (χ4v) is 1.80. The Labute approximate surface area is 109 Å². The molecule has 0 spiro atoms. The highest BCUT2D eigenvalue weighted by molar-refractivity contribution is 9.10. The van der Waals surface area contributed by atoms with E-state index >= 15 is 0 Å². The van der Waals surface area contributed by atoms with Crippen molar-refractivity contribution in [2.75, 3.05) is 0 Å². The number of aromatic nitrogens is 1. The van der Waals surface area contributed by atoms with Gasteiger partial charge in [0.2, 0.25) is 5.88 Å². The number of hydrogen-bond donors (Lipinski definition) is 1. The number of halogens is 1. The molecular weight excluding hydrogens is 280 g/mol. The second kappa shape index (κ2) is 5.29. The predicted octanol–water partition coefficient (Wildman–Crippen LogP) is 3.40. The lowest BCUT2D eigenvalue weighted by Gasteiger charge is -2.10. The minimum atomic E-state index is 0.413. The van der Waals surface area contributed by atoms with Gasteiger partial charge in [0.05, 0.1) is 0 Å². The molecule has 0 saturated heterocycles. The summed E-state index contributed by atoms with van der Waals surface area (Å²) < 4.78 is 6.77. The summed E-state index contributed by atoms with van der Waals surface area (Å²) in [5.74, 6) is 1.35. The fraction of sp³-hybridized carbons (Fsp3) is 0.154. The molecule has 0 radical (unpaired) electrons. The highest BCUT2D eigenvalue weighted by atomic mass is 79.9. The zero-order valence-electron chi connectivity index (χ0n) is 9.48. The molecule has 1 heterocycles. The molecule has 3 nitrogen and oxygen atoms in total. The number of pyridine rings is 1. The lowest BCUT2D eigenvalue weighted by Crippen LogP contribution is -2.01. The first-order chi connectivity index (χ1) is 8.20. The van der Waals surface area contributed by atoms with Gasteiger partial charge >= 0.3 is 0 Å². The zero-order valence-corrected chi connectivity index (χ0v) is 11.1. The van der Waals surface area contributed by atoms with Crippen molar-refractivity contribution >= 4 is 15.9 Å². The molecule has 2 N–H and O–H groups in total. The van der Waals surface area contributed by atoms with E-state index in [0.717, 1.165) is 21.3 Å². The number of rotatable bonds is 3. The first-order valence-electron chi connectivity index (χ1n) is 5.28. The average molecular weight is 293 g/mol. The summed E-state index contributed by atoms with van der Waals surface area (Å²) >= 11 is 3.42. The topological polar surface area (TPSA) is 48.1 Å². The van der Waals surface area contributed by atoms with E-state index in [-0.39, 0.29) is 0 Å². The Morgan fingerprint density at radius 1 is 1.35 bits per heavy atom. The third-order valence-electron chi connectivity index (χ3n) is 2.43. The second-order valence-corrected chi connectivity index (χ2v) is 4.60. The van der Waals surface area contributed by atoms with Crippen LogP contribution in [-0.4, -0.2) is 4.98 Å². The first-order valence-corrected chi connectivity index (χ1v) is 6.08. The average Bonchev–Trinajstić information content (AvgIpc) is 2.34. The van der Waals surface area contributed by atoms with Crippen LogP contribution in [0.15, 0.2) is 41.0 Å². The summed E-state index contributed by atoms with van der Waals surface area (Å²) in [6.45, 7) is 2.41. The standard InChI is InChI=1S/C13H13BrN2O/c1-9-4-5-11(14)7-12(9)17-13-10(8-15)3-2-6-16-13/h2-7H,8,15H2,1H3. The molecule has 0 aliphatic carbocycles. The van der Waals surface area contributed by atoms with E-state index in [1.807, 2.05) is 37.3 Å². The summed E-state index contributed by atoms with van der Waals surface area (Å²) in [7, 11) is 0. The predicted molar refractivity (Wildman–Crippen MR) is 71.1 cm³/mol. The van der Waals surface area contributed by atoms with Crippen LogP contribution in [-0.2, 0) is 6.54 Å². The van der Waals surface area contributed by atoms with Crippen molar-refractivity contribution in [2.24, 2.45) is 5.73 Å². The number of aryl methyl sites for hydroxylation is 1. The Kier molecular flexibility index (Phi) is 3.76. The van der Waals surface area contributed by atoms with Gasteiger partial charge in [0.15, 0.2) is 0 Å². The number of ether oxygens (including phenoxy) is 1. The van der Waals surface area contributed by atoms with Crippen LogP contribution in [0.25, 0.3) is 0 Å². The van der Waals surface area contributed by atoms with Gasteiger partial charge in [0, 0.05) is 22.8 Å². The SMILES string of the molecule is Cc1ccc(Br)cc1Oc1ncccc1CN. The Balaban J connectivity index is 2.34. The highest BCUT2D eigenvalue weighted by Crippen LogP contribution is 2.28. The minimum absolute atomic E-state index is 0.413. The molecule has 2 aromatic rings. The third-order valence-corrected chi connectivity index (χ3v) is 2.92. The van der Waals surface area contributed by atoms with Gasteiger partial charge in [-0.3, -0.25) is 0 Å². The van der Waals surface area contributed by atoms with Crippen LogP contribution in [0.4, 0.5) is 0 Å². The Morgan fingerprint density at radius 2 is 2.18 bits per heavy atom. The van der Waals surface area contributed by atoms with Crippen molar-refractivity contribution in [2.45, 2.75) is 13.5 Å². The normalized spacial score (nSPS) is 10.3. The van der Waals surface area contributed by atoms with Gasteiger partial charge in [-0.25, -0.2) is 4.98 Å². The van der Waals surface area contributed by atoms with Crippen molar-refractivity contribution in [1.29, 1.82) is 0 Å². The molecule has 0 unspecified atom stereocenters. The van der Waals surface area contributed by atoms with E-state index in [1.54, 1.807) is 6.20 Å². The third kappa shape index (κ3) is 2.84. The monoisotopic (exact) mass is 292 g/mol. The van der Waals surface area contributed by atoms with Gasteiger partial charge in [-0.15, -0.1) is 0 Å². The molecule has 0 saturated carbocycles. The Bertz CT molecular complexity index is 529. The largest absolute Gasteiger partial charge is 0.438 e. The maximum atomic E-state index is 5.79. The number of benzene rings is 1. The van der Waals surface area contributed by atoms with Gasteiger partial charge in [0.1, 0.15) is 5.75 Å². The van der Waals surface area contributed by atoms with Crippen LogP contribution in [0, 0.1) is 6.92 Å². The summed E-state index contributed by atoms with van der Waals surface area (Å²) in [6.07, 6.45) is 1.70. The van der Waals surface area contributed by atoms with E-state index in [0.29, 0.717) is 12.4 Å². The number of nitrogens with zero attached hydrogens (tertiary/aromatic N) is 1. The lowest BCUT2D eigenvalue weighted by molar-refractivity contribution is 0.453. The zero-order chi connectivity index (χ0) is 12.3. The summed E-state index contributed by atoms with van der Waals surface area (Å²) in [4.78, 5) is 4.20. The van der Waals surface area contributed by atoms with Crippen LogP contribution in [0.1, 0.15) is 11.1 Å². The number of nitrogens with two attached hydrogens (primary N) is 1. The van der Waals surface area contributed by atoms with Crippen LogP contribution in [0.2, 0.25) is 0 Å². The van der Waals surface area contributed by atoms with Gasteiger partial charge < -0.3 is 10.5 Å². The highest BCUT2D eigenvalue weighted by Gasteiger charge is 2.07. The van der Waals surface area contributed by atoms with E-state index in [4.69, 9.17) is 10.5 Å². The summed E-state index contributed by atoms with van der Waals surface area (Å²) in [6, 6.07) is 9.65. The van der Waals surface area contributed by atoms with Crippen molar-refractivity contribution < 1.29 is 4.74 Å². The van der Waals surface area contributed by atoms with Crippen molar-refractivity contribution in [3.8, 4) is 11.6 Å². The first kappa shape index (κ1) is 12.1. The van der Waals surface area contributed by atoms with Gasteiger partial charge in [-0.05, 0) is 30.7 Å². The molecule has 0 fully saturated rings. The second-order valence-electron chi connectivity index (χ2n) is 3.68. The molecule has 4 heteroatoms. The molecule has 0 aliphatic heterocycles. The quantitative estimate of drug-likeness (QED) is 0.943. The summed E-state index contributed by atoms with van der Waals surface area (Å²) in [5.41, 5.74) is 7.60.